The smallest absolute Gasteiger partial charge is 0.247 e. The number of allylic oxidation sites excluding steroid dienone is 1. The summed E-state index contributed by atoms with van der Waals surface area (Å²) in [5, 5.41) is 2.85. The second-order valence-electron chi connectivity index (χ2n) is 7.40. The largest absolute Gasteiger partial charge is 0.494 e. The van der Waals surface area contributed by atoms with Gasteiger partial charge in [0.1, 0.15) is 11.3 Å². The monoisotopic (exact) mass is 443 g/mol. The Kier molecular flexibility index (Phi) is 7.31. The van der Waals surface area contributed by atoms with E-state index < -0.39 is 0 Å². The van der Waals surface area contributed by atoms with Crippen molar-refractivity contribution >= 4 is 39.7 Å². The fourth-order valence-electron chi connectivity index (χ4n) is 3.18. The average molecular weight is 444 g/mol. The van der Waals surface area contributed by atoms with Gasteiger partial charge in [0.05, 0.1) is 6.61 Å². The molecular weight excluding hydrogens is 418 g/mol. The molecule has 4 rings (SSSR count). The normalized spacial score (nSPS) is 11.8. The molecule has 0 unspecified atom stereocenters. The highest BCUT2D eigenvalue weighted by atomic mass is 32.1. The van der Waals surface area contributed by atoms with Crippen molar-refractivity contribution in [1.82, 2.24) is 4.98 Å². The highest BCUT2D eigenvalue weighted by Crippen LogP contribution is 2.19. The SMILES string of the molecule is Cc1cccc(/C=C/C(=O)c2ccc(OCCCC=[SH]c3nc4ccccc4o3)cc2)c1. The molecule has 0 aliphatic carbocycles. The molecule has 0 aliphatic rings. The van der Waals surface area contributed by atoms with Crippen molar-refractivity contribution in [2.75, 3.05) is 6.61 Å². The van der Waals surface area contributed by atoms with Crippen LogP contribution in [-0.4, -0.2) is 22.7 Å². The first-order chi connectivity index (χ1) is 15.7. The van der Waals surface area contributed by atoms with E-state index in [0.717, 1.165) is 46.6 Å². The second-order valence-corrected chi connectivity index (χ2v) is 8.41. The summed E-state index contributed by atoms with van der Waals surface area (Å²) in [6.07, 6.45) is 5.25. The zero-order valence-corrected chi connectivity index (χ0v) is 18.8. The fraction of sp³-hybridized carbons (Fsp3) is 0.148. The molecule has 0 bridgehead atoms. The number of nitrogens with zero attached hydrogens (tertiary/aromatic N) is 1. The Labute approximate surface area is 191 Å². The number of thiol groups is 1. The summed E-state index contributed by atoms with van der Waals surface area (Å²) in [6.45, 7) is 2.65. The summed E-state index contributed by atoms with van der Waals surface area (Å²) < 4.78 is 11.5. The summed E-state index contributed by atoms with van der Waals surface area (Å²) in [5.74, 6) is 0.742. The first-order valence-corrected chi connectivity index (χ1v) is 11.5. The van der Waals surface area contributed by atoms with Gasteiger partial charge in [-0.3, -0.25) is 4.79 Å². The van der Waals surface area contributed by atoms with Crippen molar-refractivity contribution < 1.29 is 13.9 Å². The molecule has 4 nitrogen and oxygen atoms in total. The molecule has 0 N–H and O–H groups in total. The molecular formula is C27H25NO3S. The fourth-order valence-corrected chi connectivity index (χ4v) is 3.96. The number of carbonyl (C=O) groups excluding carboxylic acids is 1. The third-order valence-corrected chi connectivity index (χ3v) is 5.69. The zero-order chi connectivity index (χ0) is 22.2. The topological polar surface area (TPSA) is 52.3 Å². The van der Waals surface area contributed by atoms with Gasteiger partial charge in [-0.15, -0.1) is 11.4 Å². The van der Waals surface area contributed by atoms with Crippen LogP contribution in [0.1, 0.15) is 34.3 Å². The van der Waals surface area contributed by atoms with Crippen LogP contribution in [0.4, 0.5) is 0 Å². The number of rotatable bonds is 9. The third-order valence-electron chi connectivity index (χ3n) is 4.84. The number of aromatic nitrogens is 1. The maximum Gasteiger partial charge on any atom is 0.247 e. The van der Waals surface area contributed by atoms with Gasteiger partial charge in [-0.25, -0.2) is 4.98 Å². The van der Waals surface area contributed by atoms with Crippen LogP contribution in [0, 0.1) is 6.92 Å². The summed E-state index contributed by atoms with van der Waals surface area (Å²) in [4.78, 5) is 16.8. The molecule has 0 saturated heterocycles. The van der Waals surface area contributed by atoms with Crippen LogP contribution in [0.25, 0.3) is 17.2 Å². The first-order valence-electron chi connectivity index (χ1n) is 10.6. The molecule has 0 saturated carbocycles. The summed E-state index contributed by atoms with van der Waals surface area (Å²) in [5.41, 5.74) is 4.54. The van der Waals surface area contributed by atoms with E-state index in [1.165, 1.54) is 5.56 Å². The quantitative estimate of drug-likeness (QED) is 0.105. The minimum Gasteiger partial charge on any atom is -0.494 e. The molecule has 0 fully saturated rings. The molecule has 162 valence electrons. The summed E-state index contributed by atoms with van der Waals surface area (Å²) in [6, 6.07) is 23.1. The van der Waals surface area contributed by atoms with Gasteiger partial charge in [0.2, 0.25) is 5.22 Å². The Morgan fingerprint density at radius 1 is 1.06 bits per heavy atom. The third kappa shape index (κ3) is 6.05. The number of unbranched alkanes of at least 4 members (excludes halogenated alkanes) is 1. The van der Waals surface area contributed by atoms with Gasteiger partial charge in [-0.1, -0.05) is 53.4 Å². The van der Waals surface area contributed by atoms with Crippen molar-refractivity contribution in [3.8, 4) is 5.75 Å². The lowest BCUT2D eigenvalue weighted by Crippen LogP contribution is -1.99. The molecule has 0 spiro atoms. The number of ketones is 1. The van der Waals surface area contributed by atoms with Gasteiger partial charge in [0, 0.05) is 5.56 Å². The predicted molar refractivity (Wildman–Crippen MR) is 133 cm³/mol. The summed E-state index contributed by atoms with van der Waals surface area (Å²) in [7, 11) is 0. The molecule has 1 heterocycles. The van der Waals surface area contributed by atoms with E-state index in [9.17, 15) is 4.79 Å². The molecule has 0 atom stereocenters. The van der Waals surface area contributed by atoms with Crippen molar-refractivity contribution in [2.45, 2.75) is 25.0 Å². The lowest BCUT2D eigenvalue weighted by atomic mass is 10.1. The summed E-state index contributed by atoms with van der Waals surface area (Å²) >= 11 is 0.973. The van der Waals surface area contributed by atoms with Gasteiger partial charge in [-0.05, 0) is 67.8 Å². The van der Waals surface area contributed by atoms with Crippen LogP contribution in [0.3, 0.4) is 0 Å². The van der Waals surface area contributed by atoms with Gasteiger partial charge in [-0.2, -0.15) is 0 Å². The Morgan fingerprint density at radius 2 is 1.91 bits per heavy atom. The average Bonchev–Trinajstić information content (AvgIpc) is 3.23. The van der Waals surface area contributed by atoms with E-state index in [4.69, 9.17) is 9.15 Å². The van der Waals surface area contributed by atoms with Crippen molar-refractivity contribution in [3.05, 3.63) is 95.6 Å². The highest BCUT2D eigenvalue weighted by Gasteiger charge is 2.03. The van der Waals surface area contributed by atoms with E-state index in [1.807, 2.05) is 73.7 Å². The van der Waals surface area contributed by atoms with Crippen molar-refractivity contribution in [2.24, 2.45) is 0 Å². The molecule has 0 amide bonds. The number of benzene rings is 3. The highest BCUT2D eigenvalue weighted by molar-refractivity contribution is 7.97. The van der Waals surface area contributed by atoms with Crippen LogP contribution >= 0.6 is 11.4 Å². The molecule has 0 radical (unpaired) electrons. The van der Waals surface area contributed by atoms with Gasteiger partial charge < -0.3 is 9.15 Å². The van der Waals surface area contributed by atoms with Crippen molar-refractivity contribution in [1.29, 1.82) is 0 Å². The molecule has 32 heavy (non-hydrogen) atoms. The minimum atomic E-state index is -0.0224. The maximum absolute atomic E-state index is 12.4. The molecule has 4 aromatic rings. The van der Waals surface area contributed by atoms with Crippen LogP contribution < -0.4 is 4.74 Å². The minimum absolute atomic E-state index is 0.0224. The van der Waals surface area contributed by atoms with E-state index in [0.29, 0.717) is 17.4 Å². The number of hydrogen-bond donors (Lipinski definition) is 1. The second kappa shape index (κ2) is 10.7. The van der Waals surface area contributed by atoms with Gasteiger partial charge in [0.15, 0.2) is 11.4 Å². The lowest BCUT2D eigenvalue weighted by Gasteiger charge is -2.05. The molecule has 5 heteroatoms. The number of carbonyl (C=O) groups is 1. The number of ether oxygens (including phenoxy) is 1. The number of oxazole rings is 1. The molecule has 0 aliphatic heterocycles. The van der Waals surface area contributed by atoms with E-state index in [-0.39, 0.29) is 5.78 Å². The predicted octanol–water partition coefficient (Wildman–Crippen LogP) is 6.52. The van der Waals surface area contributed by atoms with Gasteiger partial charge >= 0.3 is 0 Å². The zero-order valence-electron chi connectivity index (χ0n) is 17.9. The standard InChI is InChI=1S/C27H25NO3S/c1-20-7-6-8-21(19-20)11-16-25(29)22-12-14-23(15-13-22)30-17-4-5-18-32-27-28-24-9-2-3-10-26(24)31-27/h2-3,6-16,18-19,32H,4-5,17H2,1H3/b16-11+. The van der Waals surface area contributed by atoms with Crippen LogP contribution in [0.15, 0.2) is 88.5 Å². The number of fused-ring (bicyclic) bond motifs is 1. The maximum atomic E-state index is 12.4. The Hall–Kier alpha value is -3.44. The van der Waals surface area contributed by atoms with E-state index >= 15 is 0 Å². The Bertz CT molecular complexity index is 1220. The number of hydrogen-bond acceptors (Lipinski definition) is 4. The van der Waals surface area contributed by atoms with Crippen molar-refractivity contribution in [3.63, 3.8) is 0 Å². The Balaban J connectivity index is 1.21. The Morgan fingerprint density at radius 3 is 2.72 bits per heavy atom. The number of para-hydroxylation sites is 2. The number of aryl methyl sites for hydroxylation is 1. The van der Waals surface area contributed by atoms with Crippen LogP contribution in [0.2, 0.25) is 0 Å². The van der Waals surface area contributed by atoms with Gasteiger partial charge in [0.25, 0.3) is 0 Å². The first kappa shape index (κ1) is 21.8. The van der Waals surface area contributed by atoms with Crippen LogP contribution in [-0.2, 0) is 0 Å². The van der Waals surface area contributed by atoms with Crippen LogP contribution in [0.5, 0.6) is 5.75 Å². The van der Waals surface area contributed by atoms with E-state index in [1.54, 1.807) is 18.2 Å². The lowest BCUT2D eigenvalue weighted by molar-refractivity contribution is 0.104. The molecule has 3 aromatic carbocycles. The molecule has 1 aromatic heterocycles. The van der Waals surface area contributed by atoms with E-state index in [2.05, 4.69) is 10.4 Å².